The molecule has 1 heterocycles. The molecule has 8 heavy (non-hydrogen) atoms. The summed E-state index contributed by atoms with van der Waals surface area (Å²) in [5.41, 5.74) is 2.63. The molecule has 0 amide bonds. The van der Waals surface area contributed by atoms with Crippen molar-refractivity contribution in [3.63, 3.8) is 0 Å². The van der Waals surface area contributed by atoms with Crippen LogP contribution in [0.25, 0.3) is 0 Å². The van der Waals surface area contributed by atoms with Gasteiger partial charge in [0, 0.05) is 19.6 Å². The molecule has 0 aromatic heterocycles. The van der Waals surface area contributed by atoms with Gasteiger partial charge in [-0.25, -0.2) is 5.43 Å². The zero-order chi connectivity index (χ0) is 5.82. The number of hydrogen-bond donors (Lipinski definition) is 4. The quantitative estimate of drug-likeness (QED) is 0.236. The molecule has 0 aromatic rings. The van der Waals surface area contributed by atoms with Crippen LogP contribution >= 0.6 is 0 Å². The average molecular weight is 116 g/mol. The normalized spacial score (nSPS) is 30.4. The van der Waals surface area contributed by atoms with Crippen molar-refractivity contribution in [2.24, 2.45) is 5.84 Å². The first kappa shape index (κ1) is 5.97. The molecule has 1 fully saturated rings. The summed E-state index contributed by atoms with van der Waals surface area (Å²) in [5.74, 6) is 5.15. The molecule has 5 N–H and O–H groups in total. The SMILES string of the molecule is NNC1CNCCN1. The van der Waals surface area contributed by atoms with E-state index in [0.717, 1.165) is 19.6 Å². The maximum Gasteiger partial charge on any atom is 0.0828 e. The van der Waals surface area contributed by atoms with Crippen LogP contribution in [0.15, 0.2) is 0 Å². The van der Waals surface area contributed by atoms with Crippen LogP contribution in [0, 0.1) is 0 Å². The highest BCUT2D eigenvalue weighted by Gasteiger charge is 2.07. The molecule has 1 unspecified atom stereocenters. The summed E-state index contributed by atoms with van der Waals surface area (Å²) in [6.45, 7) is 2.95. The Labute approximate surface area is 48.8 Å². The molecular formula is C4H12N4. The van der Waals surface area contributed by atoms with Gasteiger partial charge in [-0.2, -0.15) is 0 Å². The predicted octanol–water partition coefficient (Wildman–Crippen LogP) is -2.03. The van der Waals surface area contributed by atoms with E-state index in [2.05, 4.69) is 16.1 Å². The minimum absolute atomic E-state index is 0.253. The molecule has 1 saturated heterocycles. The fraction of sp³-hybridized carbons (Fsp3) is 1.00. The summed E-state index contributed by atoms with van der Waals surface area (Å²) < 4.78 is 0. The lowest BCUT2D eigenvalue weighted by Gasteiger charge is -2.23. The molecule has 0 saturated carbocycles. The highest BCUT2D eigenvalue weighted by molar-refractivity contribution is 4.69. The van der Waals surface area contributed by atoms with E-state index in [-0.39, 0.29) is 6.17 Å². The number of rotatable bonds is 1. The second kappa shape index (κ2) is 2.99. The van der Waals surface area contributed by atoms with Gasteiger partial charge in [-0.05, 0) is 0 Å². The van der Waals surface area contributed by atoms with Gasteiger partial charge in [0.05, 0.1) is 6.17 Å². The van der Waals surface area contributed by atoms with Gasteiger partial charge < -0.3 is 5.32 Å². The van der Waals surface area contributed by atoms with Gasteiger partial charge >= 0.3 is 0 Å². The van der Waals surface area contributed by atoms with E-state index in [4.69, 9.17) is 5.84 Å². The third-order valence-corrected chi connectivity index (χ3v) is 1.24. The van der Waals surface area contributed by atoms with Crippen molar-refractivity contribution in [1.82, 2.24) is 16.1 Å². The maximum atomic E-state index is 5.15. The first-order valence-corrected chi connectivity index (χ1v) is 2.83. The van der Waals surface area contributed by atoms with Gasteiger partial charge in [0.1, 0.15) is 0 Å². The zero-order valence-corrected chi connectivity index (χ0v) is 4.78. The molecule has 4 nitrogen and oxygen atoms in total. The fourth-order valence-corrected chi connectivity index (χ4v) is 0.771. The van der Waals surface area contributed by atoms with Crippen LogP contribution < -0.4 is 21.9 Å². The first-order valence-electron chi connectivity index (χ1n) is 2.83. The third kappa shape index (κ3) is 1.41. The van der Waals surface area contributed by atoms with E-state index in [1.54, 1.807) is 0 Å². The third-order valence-electron chi connectivity index (χ3n) is 1.24. The minimum atomic E-state index is 0.253. The fourth-order valence-electron chi connectivity index (χ4n) is 0.771. The topological polar surface area (TPSA) is 62.1 Å². The van der Waals surface area contributed by atoms with Crippen molar-refractivity contribution >= 4 is 0 Å². The van der Waals surface area contributed by atoms with Crippen molar-refractivity contribution in [3.8, 4) is 0 Å². The van der Waals surface area contributed by atoms with Crippen molar-refractivity contribution in [3.05, 3.63) is 0 Å². The predicted molar refractivity (Wildman–Crippen MR) is 32.0 cm³/mol. The van der Waals surface area contributed by atoms with E-state index in [1.165, 1.54) is 0 Å². The van der Waals surface area contributed by atoms with Crippen LogP contribution in [0.5, 0.6) is 0 Å². The van der Waals surface area contributed by atoms with E-state index in [0.29, 0.717) is 0 Å². The van der Waals surface area contributed by atoms with Crippen molar-refractivity contribution < 1.29 is 0 Å². The Morgan fingerprint density at radius 2 is 2.38 bits per heavy atom. The van der Waals surface area contributed by atoms with E-state index < -0.39 is 0 Å². The van der Waals surface area contributed by atoms with Gasteiger partial charge in [-0.15, -0.1) is 0 Å². The van der Waals surface area contributed by atoms with Crippen molar-refractivity contribution in [2.45, 2.75) is 6.17 Å². The summed E-state index contributed by atoms with van der Waals surface area (Å²) in [6.07, 6.45) is 0.253. The van der Waals surface area contributed by atoms with Crippen LogP contribution in [-0.4, -0.2) is 25.8 Å². The summed E-state index contributed by atoms with van der Waals surface area (Å²) >= 11 is 0. The number of nitrogens with one attached hydrogen (secondary N) is 3. The second-order valence-corrected chi connectivity index (χ2v) is 1.88. The Kier molecular flexibility index (Phi) is 2.23. The number of hydrogen-bond acceptors (Lipinski definition) is 4. The lowest BCUT2D eigenvalue weighted by atomic mass is 10.4. The van der Waals surface area contributed by atoms with Gasteiger partial charge in [-0.1, -0.05) is 0 Å². The number of nitrogens with two attached hydrogens (primary N) is 1. The van der Waals surface area contributed by atoms with Gasteiger partial charge in [0.15, 0.2) is 0 Å². The Bertz CT molecular complexity index is 59.1. The molecule has 1 atom stereocenters. The van der Waals surface area contributed by atoms with Crippen LogP contribution in [0.3, 0.4) is 0 Å². The van der Waals surface area contributed by atoms with Crippen LogP contribution in [-0.2, 0) is 0 Å². The number of hydrazine groups is 1. The molecule has 0 aromatic carbocycles. The summed E-state index contributed by atoms with van der Waals surface area (Å²) in [7, 11) is 0. The number of piperazine rings is 1. The molecule has 4 heteroatoms. The molecule has 1 aliphatic heterocycles. The molecule has 0 spiro atoms. The average Bonchev–Trinajstić information content (AvgIpc) is 1.90. The Hall–Kier alpha value is -0.160. The summed E-state index contributed by atoms with van der Waals surface area (Å²) in [4.78, 5) is 0. The molecule has 0 radical (unpaired) electrons. The molecule has 1 aliphatic rings. The Morgan fingerprint density at radius 3 is 2.75 bits per heavy atom. The highest BCUT2D eigenvalue weighted by Crippen LogP contribution is 1.76. The van der Waals surface area contributed by atoms with Crippen LogP contribution in [0.2, 0.25) is 0 Å². The van der Waals surface area contributed by atoms with Gasteiger partial charge in [-0.3, -0.25) is 11.2 Å². The van der Waals surface area contributed by atoms with E-state index in [9.17, 15) is 0 Å². The molecule has 0 aliphatic carbocycles. The zero-order valence-electron chi connectivity index (χ0n) is 4.78. The van der Waals surface area contributed by atoms with Crippen LogP contribution in [0.1, 0.15) is 0 Å². The lowest BCUT2D eigenvalue weighted by Crippen LogP contribution is -2.57. The van der Waals surface area contributed by atoms with Crippen molar-refractivity contribution in [2.75, 3.05) is 19.6 Å². The Morgan fingerprint density at radius 1 is 1.50 bits per heavy atom. The largest absolute Gasteiger partial charge is 0.313 e. The Balaban J connectivity index is 2.13. The van der Waals surface area contributed by atoms with E-state index >= 15 is 0 Å². The summed E-state index contributed by atoms with van der Waals surface area (Å²) in [5, 5.41) is 6.35. The molecule has 0 bridgehead atoms. The maximum absolute atomic E-state index is 5.15. The van der Waals surface area contributed by atoms with Crippen LogP contribution in [0.4, 0.5) is 0 Å². The lowest BCUT2D eigenvalue weighted by molar-refractivity contribution is 0.365. The minimum Gasteiger partial charge on any atom is -0.313 e. The summed E-state index contributed by atoms with van der Waals surface area (Å²) in [6, 6.07) is 0. The first-order chi connectivity index (χ1) is 3.93. The standard InChI is InChI=1S/C4H12N4/c5-8-4-3-6-1-2-7-4/h4,6-8H,1-3,5H2. The monoisotopic (exact) mass is 116 g/mol. The molecule has 1 rings (SSSR count). The van der Waals surface area contributed by atoms with Gasteiger partial charge in [0.2, 0.25) is 0 Å². The second-order valence-electron chi connectivity index (χ2n) is 1.88. The van der Waals surface area contributed by atoms with Gasteiger partial charge in [0.25, 0.3) is 0 Å². The molecule has 48 valence electrons. The van der Waals surface area contributed by atoms with E-state index in [1.807, 2.05) is 0 Å². The smallest absolute Gasteiger partial charge is 0.0828 e. The van der Waals surface area contributed by atoms with Crippen molar-refractivity contribution in [1.29, 1.82) is 0 Å². The highest BCUT2D eigenvalue weighted by atomic mass is 15.3. The molecular weight excluding hydrogens is 104 g/mol.